The van der Waals surface area contributed by atoms with Gasteiger partial charge in [0, 0.05) is 5.57 Å². The van der Waals surface area contributed by atoms with Crippen LogP contribution in [0.15, 0.2) is 12.2 Å². The lowest BCUT2D eigenvalue weighted by Gasteiger charge is -2.21. The zero-order valence-corrected chi connectivity index (χ0v) is 25.8. The summed E-state index contributed by atoms with van der Waals surface area (Å²) in [6.07, 6.45) is 17.6. The molecule has 4 nitrogen and oxygen atoms in total. The van der Waals surface area contributed by atoms with Crippen LogP contribution in [0.1, 0.15) is 138 Å². The van der Waals surface area contributed by atoms with Crippen molar-refractivity contribution in [3.8, 4) is 0 Å². The van der Waals surface area contributed by atoms with Crippen LogP contribution in [0, 0.1) is 0 Å². The lowest BCUT2D eigenvalue weighted by Crippen LogP contribution is -2.27. The number of aliphatic carboxylic acids is 1. The fourth-order valence-electron chi connectivity index (χ4n) is 3.37. The molecule has 0 aliphatic carbocycles. The van der Waals surface area contributed by atoms with Crippen molar-refractivity contribution < 1.29 is 9.90 Å². The fraction of sp³-hybridized carbons (Fsp3) is 0.900. The van der Waals surface area contributed by atoms with Gasteiger partial charge in [0.2, 0.25) is 0 Å². The molecule has 5 heteroatoms. The molecule has 0 heterocycles. The van der Waals surface area contributed by atoms with Gasteiger partial charge in [0.1, 0.15) is 0 Å². The van der Waals surface area contributed by atoms with Crippen LogP contribution in [-0.4, -0.2) is 60.1 Å². The zero-order chi connectivity index (χ0) is 26.5. The van der Waals surface area contributed by atoms with Gasteiger partial charge in [0.05, 0.1) is 0 Å². The van der Waals surface area contributed by atoms with Gasteiger partial charge < -0.3 is 14.9 Å². The third-order valence-corrected chi connectivity index (χ3v) is 5.82. The molecule has 0 aromatic heterocycles. The quantitative estimate of drug-likeness (QED) is 0.153. The molecule has 0 aliphatic heterocycles. The van der Waals surface area contributed by atoms with Crippen LogP contribution in [0.5, 0.6) is 0 Å². The molecule has 0 amide bonds. The van der Waals surface area contributed by atoms with E-state index in [9.17, 15) is 4.79 Å². The van der Waals surface area contributed by atoms with Gasteiger partial charge in [-0.15, -0.1) is 12.4 Å². The van der Waals surface area contributed by atoms with Gasteiger partial charge in [-0.1, -0.05) is 100.0 Å². The van der Waals surface area contributed by atoms with Gasteiger partial charge in [-0.25, -0.2) is 4.79 Å². The molecular formula is C30H65ClN2O2. The van der Waals surface area contributed by atoms with Crippen molar-refractivity contribution in [2.24, 2.45) is 0 Å². The van der Waals surface area contributed by atoms with E-state index in [2.05, 4.69) is 57.9 Å². The highest BCUT2D eigenvalue weighted by molar-refractivity contribution is 5.85. The highest BCUT2D eigenvalue weighted by Crippen LogP contribution is 2.03. The van der Waals surface area contributed by atoms with Crippen LogP contribution >= 0.6 is 12.4 Å². The largest absolute Gasteiger partial charge is 0.478 e. The third-order valence-electron chi connectivity index (χ3n) is 5.82. The molecular weight excluding hydrogens is 456 g/mol. The van der Waals surface area contributed by atoms with Gasteiger partial charge >= 0.3 is 5.97 Å². The van der Waals surface area contributed by atoms with Gasteiger partial charge in [0.15, 0.2) is 0 Å². The molecule has 0 aromatic rings. The molecule has 1 N–H and O–H groups in total. The van der Waals surface area contributed by atoms with Crippen LogP contribution in [0.4, 0.5) is 0 Å². The van der Waals surface area contributed by atoms with Crippen molar-refractivity contribution in [2.45, 2.75) is 138 Å². The maximum atomic E-state index is 9.99. The minimum absolute atomic E-state index is 0. The Hall–Kier alpha value is -0.580. The molecule has 35 heavy (non-hydrogen) atoms. The SMILES string of the molecule is C=C(CCC)C(=O)O.CCCCN(CCCC)CCCC.CCCCN(CCCC)CCCC.Cl. The Morgan fingerprint density at radius 3 is 0.886 bits per heavy atom. The van der Waals surface area contributed by atoms with Crippen LogP contribution in [0.25, 0.3) is 0 Å². The van der Waals surface area contributed by atoms with Crippen molar-refractivity contribution in [1.82, 2.24) is 9.80 Å². The van der Waals surface area contributed by atoms with Crippen molar-refractivity contribution in [2.75, 3.05) is 39.3 Å². The minimum atomic E-state index is -0.883. The van der Waals surface area contributed by atoms with Crippen molar-refractivity contribution in [3.63, 3.8) is 0 Å². The van der Waals surface area contributed by atoms with E-state index in [0.29, 0.717) is 12.0 Å². The molecule has 0 atom stereocenters. The van der Waals surface area contributed by atoms with Gasteiger partial charge in [0.25, 0.3) is 0 Å². The molecule has 0 unspecified atom stereocenters. The van der Waals surface area contributed by atoms with Crippen LogP contribution in [0.3, 0.4) is 0 Å². The van der Waals surface area contributed by atoms with E-state index in [1.165, 1.54) is 116 Å². The van der Waals surface area contributed by atoms with E-state index in [-0.39, 0.29) is 12.4 Å². The molecule has 0 aromatic carbocycles. The average molecular weight is 521 g/mol. The molecule has 0 saturated heterocycles. The normalized spacial score (nSPS) is 10.2. The predicted molar refractivity (Wildman–Crippen MR) is 161 cm³/mol. The van der Waals surface area contributed by atoms with E-state index >= 15 is 0 Å². The van der Waals surface area contributed by atoms with E-state index < -0.39 is 5.97 Å². The van der Waals surface area contributed by atoms with E-state index in [4.69, 9.17) is 5.11 Å². The lowest BCUT2D eigenvalue weighted by molar-refractivity contribution is -0.132. The Morgan fingerprint density at radius 1 is 0.543 bits per heavy atom. The van der Waals surface area contributed by atoms with Crippen molar-refractivity contribution in [3.05, 3.63) is 12.2 Å². The first-order valence-corrected chi connectivity index (χ1v) is 14.7. The van der Waals surface area contributed by atoms with Crippen molar-refractivity contribution >= 4 is 18.4 Å². The van der Waals surface area contributed by atoms with Gasteiger partial charge in [-0.3, -0.25) is 0 Å². The van der Waals surface area contributed by atoms with Crippen LogP contribution in [0.2, 0.25) is 0 Å². The number of nitrogens with zero attached hydrogens (tertiary/aromatic N) is 2. The highest BCUT2D eigenvalue weighted by Gasteiger charge is 2.03. The third kappa shape index (κ3) is 35.7. The average Bonchev–Trinajstić information content (AvgIpc) is 2.84. The van der Waals surface area contributed by atoms with Crippen LogP contribution < -0.4 is 0 Å². The Labute approximate surface area is 227 Å². The molecule has 0 saturated carbocycles. The lowest BCUT2D eigenvalue weighted by atomic mass is 10.2. The summed E-state index contributed by atoms with van der Waals surface area (Å²) in [6, 6.07) is 0. The number of carboxylic acid groups (broad SMARTS) is 1. The number of halogens is 1. The summed E-state index contributed by atoms with van der Waals surface area (Å²) < 4.78 is 0. The molecule has 0 fully saturated rings. The summed E-state index contributed by atoms with van der Waals surface area (Å²) in [7, 11) is 0. The second-order valence-corrected chi connectivity index (χ2v) is 9.46. The zero-order valence-electron chi connectivity index (χ0n) is 25.0. The summed E-state index contributed by atoms with van der Waals surface area (Å²) in [5.41, 5.74) is 0.299. The Kier molecular flexibility index (Phi) is 42.2. The van der Waals surface area contributed by atoms with E-state index in [1.54, 1.807) is 0 Å². The van der Waals surface area contributed by atoms with Gasteiger partial charge in [-0.05, 0) is 84.2 Å². The smallest absolute Gasteiger partial charge is 0.330 e. The first-order valence-electron chi connectivity index (χ1n) is 14.7. The van der Waals surface area contributed by atoms with E-state index in [1.807, 2.05) is 6.92 Å². The summed E-state index contributed by atoms with van der Waals surface area (Å²) >= 11 is 0. The summed E-state index contributed by atoms with van der Waals surface area (Å²) in [5, 5.41) is 8.21. The summed E-state index contributed by atoms with van der Waals surface area (Å²) in [4.78, 5) is 15.3. The van der Waals surface area contributed by atoms with Gasteiger partial charge in [-0.2, -0.15) is 0 Å². The maximum absolute atomic E-state index is 9.99. The minimum Gasteiger partial charge on any atom is -0.478 e. The number of carboxylic acids is 1. The maximum Gasteiger partial charge on any atom is 0.330 e. The second-order valence-electron chi connectivity index (χ2n) is 9.46. The number of unbranched alkanes of at least 4 members (excludes halogenated alkanes) is 6. The molecule has 0 rings (SSSR count). The topological polar surface area (TPSA) is 43.8 Å². The van der Waals surface area contributed by atoms with Crippen molar-refractivity contribution in [1.29, 1.82) is 0 Å². The Balaban J connectivity index is -0.000000209. The highest BCUT2D eigenvalue weighted by atomic mass is 35.5. The Morgan fingerprint density at radius 2 is 0.771 bits per heavy atom. The Bertz CT molecular complexity index is 357. The molecule has 0 radical (unpaired) electrons. The molecule has 214 valence electrons. The first kappa shape index (κ1) is 41.5. The fourth-order valence-corrected chi connectivity index (χ4v) is 3.37. The number of hydrogen-bond donors (Lipinski definition) is 1. The monoisotopic (exact) mass is 520 g/mol. The standard InChI is InChI=1S/2C12H27N.C6H10O2.ClH/c2*1-4-7-10-13(11-8-5-2)12-9-6-3;1-3-4-5(2)6(7)8;/h2*4-12H2,1-3H3;2-4H2,1H3,(H,7,8);1H. The van der Waals surface area contributed by atoms with E-state index in [0.717, 1.165) is 6.42 Å². The first-order chi connectivity index (χ1) is 16.4. The number of rotatable bonds is 21. The summed E-state index contributed by atoms with van der Waals surface area (Å²) in [6.45, 7) is 26.8. The molecule has 0 bridgehead atoms. The molecule has 0 aliphatic rings. The van der Waals surface area contributed by atoms with Crippen LogP contribution in [-0.2, 0) is 4.79 Å². The summed E-state index contributed by atoms with van der Waals surface area (Å²) in [5.74, 6) is -0.883. The number of carbonyl (C=O) groups is 1. The number of hydrogen-bond acceptors (Lipinski definition) is 3. The second kappa shape index (κ2) is 35.6. The molecule has 0 spiro atoms. The predicted octanol–water partition coefficient (Wildman–Crippen LogP) is 9.23.